The van der Waals surface area contributed by atoms with Crippen LogP contribution < -0.4 is 0 Å². The number of rotatable bonds is 3. The average Bonchev–Trinajstić information content (AvgIpc) is 2.91. The van der Waals surface area contributed by atoms with Crippen LogP contribution in [0.25, 0.3) is 0 Å². The summed E-state index contributed by atoms with van der Waals surface area (Å²) in [5, 5.41) is 13.4. The summed E-state index contributed by atoms with van der Waals surface area (Å²) in [7, 11) is 0. The molecule has 3 heteroatoms. The number of hydrogen-bond acceptors (Lipinski definition) is 3. The average molecular weight is 253 g/mol. The monoisotopic (exact) mass is 253 g/mol. The van der Waals surface area contributed by atoms with Crippen LogP contribution in [0.3, 0.4) is 0 Å². The highest BCUT2D eigenvalue weighted by atomic mass is 16.6. The smallest absolute Gasteiger partial charge is 0.157 e. The molecule has 96 valence electrons. The molecular weight excluding hydrogens is 238 g/mol. The minimum Gasteiger partial charge on any atom is -0.508 e. The zero-order valence-corrected chi connectivity index (χ0v) is 10.5. The molecule has 2 aromatic rings. The van der Waals surface area contributed by atoms with Gasteiger partial charge in [-0.05, 0) is 23.3 Å². The van der Waals surface area contributed by atoms with Gasteiger partial charge in [0.25, 0.3) is 0 Å². The fourth-order valence-corrected chi connectivity index (χ4v) is 2.23. The van der Waals surface area contributed by atoms with Crippen molar-refractivity contribution in [2.24, 2.45) is 5.16 Å². The van der Waals surface area contributed by atoms with Crippen LogP contribution in [-0.4, -0.2) is 10.8 Å². The number of phenolic OH excluding ortho intramolecular Hbond substituents is 1. The molecule has 2 aromatic carbocycles. The molecule has 0 bridgehead atoms. The first-order valence-corrected chi connectivity index (χ1v) is 6.36. The molecule has 1 heterocycles. The van der Waals surface area contributed by atoms with Crippen LogP contribution in [0, 0.1) is 0 Å². The summed E-state index contributed by atoms with van der Waals surface area (Å²) >= 11 is 0. The fourth-order valence-electron chi connectivity index (χ4n) is 2.23. The van der Waals surface area contributed by atoms with E-state index in [0.717, 1.165) is 29.7 Å². The van der Waals surface area contributed by atoms with Crippen molar-refractivity contribution >= 4 is 5.71 Å². The number of aromatic hydroxyl groups is 1. The maximum absolute atomic E-state index is 9.25. The van der Waals surface area contributed by atoms with Crippen molar-refractivity contribution in [3.05, 3.63) is 65.7 Å². The van der Waals surface area contributed by atoms with Crippen molar-refractivity contribution in [1.29, 1.82) is 0 Å². The van der Waals surface area contributed by atoms with Crippen LogP contribution in [0.15, 0.2) is 59.8 Å². The van der Waals surface area contributed by atoms with E-state index in [2.05, 4.69) is 17.3 Å². The van der Waals surface area contributed by atoms with E-state index in [4.69, 9.17) is 4.84 Å². The van der Waals surface area contributed by atoms with E-state index in [9.17, 15) is 5.11 Å². The first-order chi connectivity index (χ1) is 9.31. The molecule has 0 aliphatic carbocycles. The Labute approximate surface area is 112 Å². The Bertz CT molecular complexity index is 575. The van der Waals surface area contributed by atoms with Crippen molar-refractivity contribution < 1.29 is 9.94 Å². The zero-order chi connectivity index (χ0) is 13.1. The molecule has 0 spiro atoms. The van der Waals surface area contributed by atoms with E-state index in [0.29, 0.717) is 0 Å². The van der Waals surface area contributed by atoms with Crippen LogP contribution in [0.4, 0.5) is 0 Å². The Kier molecular flexibility index (Phi) is 3.19. The lowest BCUT2D eigenvalue weighted by Crippen LogP contribution is -2.03. The predicted octanol–water partition coefficient (Wildman–Crippen LogP) is 3.45. The molecule has 3 nitrogen and oxygen atoms in total. The maximum atomic E-state index is 9.25. The molecule has 0 aromatic heterocycles. The second-order valence-corrected chi connectivity index (χ2v) is 4.71. The molecule has 1 aliphatic rings. The normalized spacial score (nSPS) is 17.9. The van der Waals surface area contributed by atoms with E-state index >= 15 is 0 Å². The third-order valence-corrected chi connectivity index (χ3v) is 3.25. The van der Waals surface area contributed by atoms with Gasteiger partial charge in [0, 0.05) is 12.8 Å². The number of phenols is 1. The van der Waals surface area contributed by atoms with Gasteiger partial charge in [-0.2, -0.15) is 0 Å². The van der Waals surface area contributed by atoms with Crippen LogP contribution in [-0.2, 0) is 11.3 Å². The summed E-state index contributed by atoms with van der Waals surface area (Å²) in [5.74, 6) is 0.288. The molecule has 1 aliphatic heterocycles. The van der Waals surface area contributed by atoms with Crippen LogP contribution in [0.2, 0.25) is 0 Å². The molecule has 1 atom stereocenters. The quantitative estimate of drug-likeness (QED) is 0.910. The van der Waals surface area contributed by atoms with Crippen molar-refractivity contribution in [1.82, 2.24) is 0 Å². The van der Waals surface area contributed by atoms with Gasteiger partial charge in [-0.15, -0.1) is 0 Å². The third kappa shape index (κ3) is 2.76. The SMILES string of the molecule is Oc1ccc(CC2=NOC(c3ccccc3)C2)cc1. The minimum absolute atomic E-state index is 0.0355. The maximum Gasteiger partial charge on any atom is 0.157 e. The van der Waals surface area contributed by atoms with Gasteiger partial charge in [-0.25, -0.2) is 0 Å². The third-order valence-electron chi connectivity index (χ3n) is 3.25. The number of hydrogen-bond donors (Lipinski definition) is 1. The van der Waals surface area contributed by atoms with Crippen LogP contribution in [0.1, 0.15) is 23.7 Å². The first-order valence-electron chi connectivity index (χ1n) is 6.36. The predicted molar refractivity (Wildman–Crippen MR) is 74.1 cm³/mol. The minimum atomic E-state index is 0.0355. The van der Waals surface area contributed by atoms with E-state index in [1.54, 1.807) is 12.1 Å². The standard InChI is InChI=1S/C16H15NO2/c18-15-8-6-12(7-9-15)10-14-11-16(19-17-14)13-4-2-1-3-5-13/h1-9,16,18H,10-11H2. The summed E-state index contributed by atoms with van der Waals surface area (Å²) in [6, 6.07) is 17.3. The first kappa shape index (κ1) is 11.8. The van der Waals surface area contributed by atoms with Gasteiger partial charge < -0.3 is 9.94 Å². The van der Waals surface area contributed by atoms with Crippen molar-refractivity contribution in [3.63, 3.8) is 0 Å². The number of nitrogens with zero attached hydrogens (tertiary/aromatic N) is 1. The topological polar surface area (TPSA) is 41.8 Å². The summed E-state index contributed by atoms with van der Waals surface area (Å²) in [5.41, 5.74) is 3.33. The molecule has 0 fully saturated rings. The molecule has 0 radical (unpaired) electrons. The molecule has 3 rings (SSSR count). The van der Waals surface area contributed by atoms with Crippen molar-refractivity contribution in [2.45, 2.75) is 18.9 Å². The Hall–Kier alpha value is -2.29. The van der Waals surface area contributed by atoms with E-state index in [-0.39, 0.29) is 11.9 Å². The Morgan fingerprint density at radius 2 is 1.79 bits per heavy atom. The lowest BCUT2D eigenvalue weighted by atomic mass is 10.0. The van der Waals surface area contributed by atoms with Crippen molar-refractivity contribution in [3.8, 4) is 5.75 Å². The summed E-state index contributed by atoms with van der Waals surface area (Å²) in [4.78, 5) is 5.49. The molecule has 19 heavy (non-hydrogen) atoms. The van der Waals surface area contributed by atoms with Gasteiger partial charge in [-0.1, -0.05) is 47.6 Å². The van der Waals surface area contributed by atoms with Crippen LogP contribution in [0.5, 0.6) is 5.75 Å². The van der Waals surface area contributed by atoms with Gasteiger partial charge in [0.1, 0.15) is 5.75 Å². The van der Waals surface area contributed by atoms with E-state index < -0.39 is 0 Å². The highest BCUT2D eigenvalue weighted by Gasteiger charge is 2.22. The molecule has 0 saturated carbocycles. The van der Waals surface area contributed by atoms with Gasteiger partial charge in [0.05, 0.1) is 5.71 Å². The van der Waals surface area contributed by atoms with Gasteiger partial charge >= 0.3 is 0 Å². The highest BCUT2D eigenvalue weighted by Crippen LogP contribution is 2.28. The summed E-state index contributed by atoms with van der Waals surface area (Å²) < 4.78 is 0. The number of oxime groups is 1. The largest absolute Gasteiger partial charge is 0.508 e. The van der Waals surface area contributed by atoms with Gasteiger partial charge in [0.2, 0.25) is 0 Å². The van der Waals surface area contributed by atoms with Crippen LogP contribution >= 0.6 is 0 Å². The Morgan fingerprint density at radius 3 is 2.53 bits per heavy atom. The lowest BCUT2D eigenvalue weighted by Gasteiger charge is -2.07. The second kappa shape index (κ2) is 5.14. The van der Waals surface area contributed by atoms with Gasteiger partial charge in [0.15, 0.2) is 6.10 Å². The molecule has 1 unspecified atom stereocenters. The number of benzene rings is 2. The zero-order valence-electron chi connectivity index (χ0n) is 10.5. The lowest BCUT2D eigenvalue weighted by molar-refractivity contribution is 0.0857. The van der Waals surface area contributed by atoms with Gasteiger partial charge in [-0.3, -0.25) is 0 Å². The van der Waals surface area contributed by atoms with E-state index in [1.807, 2.05) is 30.3 Å². The fraction of sp³-hybridized carbons (Fsp3) is 0.188. The Balaban J connectivity index is 1.64. The summed E-state index contributed by atoms with van der Waals surface area (Å²) in [6.07, 6.45) is 1.63. The Morgan fingerprint density at radius 1 is 1.05 bits per heavy atom. The van der Waals surface area contributed by atoms with Crippen molar-refractivity contribution in [2.75, 3.05) is 0 Å². The second-order valence-electron chi connectivity index (χ2n) is 4.71. The molecule has 0 saturated heterocycles. The highest BCUT2D eigenvalue weighted by molar-refractivity contribution is 5.87. The molecular formula is C16H15NO2. The van der Waals surface area contributed by atoms with E-state index in [1.165, 1.54) is 0 Å². The summed E-state index contributed by atoms with van der Waals surface area (Å²) in [6.45, 7) is 0. The molecule has 1 N–H and O–H groups in total. The molecule has 0 amide bonds.